The van der Waals surface area contributed by atoms with Crippen molar-refractivity contribution in [3.8, 4) is 0 Å². The number of ketones is 1. The van der Waals surface area contributed by atoms with Crippen molar-refractivity contribution in [1.82, 2.24) is 0 Å². The SMILES string of the molecule is CCCC(=O)[C@@H]1OC(C)(C)O[C@H]1[C@@](O)(C(=O)OC)/C(=C/C(=O)OC)C(=O)OC.CCC[C@H](O[Si](C)(C)C(C)(C)C)[C@@H]1OC(C)(C)O[C@H]1[C@@](O)(C(=O)OC)/C(=C/C(=O)OC)C(=O)OC. The van der Waals surface area contributed by atoms with Crippen LogP contribution in [-0.4, -0.2) is 156 Å². The van der Waals surface area contributed by atoms with Crippen LogP contribution in [0, 0.1) is 0 Å². The molecule has 2 aliphatic heterocycles. The zero-order chi connectivity index (χ0) is 49.1. The summed E-state index contributed by atoms with van der Waals surface area (Å²) in [7, 11) is 3.84. The van der Waals surface area contributed by atoms with E-state index in [9.17, 15) is 43.8 Å². The first-order valence-corrected chi connectivity index (χ1v) is 23.1. The van der Waals surface area contributed by atoms with E-state index in [1.807, 2.05) is 6.92 Å². The van der Waals surface area contributed by atoms with E-state index in [0.717, 1.165) is 42.7 Å². The topological polar surface area (TPSA) is 261 Å². The fourth-order valence-corrected chi connectivity index (χ4v) is 7.86. The first-order chi connectivity index (χ1) is 28.9. The Morgan fingerprint density at radius 3 is 1.41 bits per heavy atom. The molecule has 2 heterocycles. The van der Waals surface area contributed by atoms with E-state index in [2.05, 4.69) is 52.8 Å². The van der Waals surface area contributed by atoms with Crippen LogP contribution in [-0.2, 0) is 85.4 Å². The monoisotopic (exact) mass is 920 g/mol. The molecule has 0 saturated carbocycles. The van der Waals surface area contributed by atoms with Gasteiger partial charge in [-0.1, -0.05) is 41.0 Å². The van der Waals surface area contributed by atoms with Crippen LogP contribution in [0.5, 0.6) is 0 Å². The van der Waals surface area contributed by atoms with E-state index in [-0.39, 0.29) is 11.5 Å². The van der Waals surface area contributed by atoms with Gasteiger partial charge in [-0.15, -0.1) is 0 Å². The lowest BCUT2D eigenvalue weighted by Crippen LogP contribution is -2.60. The van der Waals surface area contributed by atoms with Gasteiger partial charge in [0.2, 0.25) is 11.2 Å². The number of rotatable bonds is 18. The zero-order valence-electron chi connectivity index (χ0n) is 39.6. The van der Waals surface area contributed by atoms with Gasteiger partial charge in [0.1, 0.15) is 24.4 Å². The molecule has 0 aromatic heterocycles. The molecule has 0 spiro atoms. The van der Waals surface area contributed by atoms with Crippen molar-refractivity contribution in [1.29, 1.82) is 0 Å². The third-order valence-electron chi connectivity index (χ3n) is 10.6. The maximum Gasteiger partial charge on any atom is 0.345 e. The van der Waals surface area contributed by atoms with Gasteiger partial charge in [-0.05, 0) is 58.7 Å². The summed E-state index contributed by atoms with van der Waals surface area (Å²) in [6, 6.07) is 0. The minimum absolute atomic E-state index is 0.0755. The van der Waals surface area contributed by atoms with Gasteiger partial charge in [-0.3, -0.25) is 4.79 Å². The van der Waals surface area contributed by atoms with Gasteiger partial charge in [0, 0.05) is 18.6 Å². The van der Waals surface area contributed by atoms with E-state index in [1.54, 1.807) is 20.8 Å². The molecule has 0 radical (unpaired) electrons. The number of hydrogen-bond donors (Lipinski definition) is 2. The first-order valence-electron chi connectivity index (χ1n) is 20.2. The summed E-state index contributed by atoms with van der Waals surface area (Å²) in [6.07, 6.45) is -3.07. The Labute approximate surface area is 370 Å². The molecule has 0 aromatic carbocycles. The van der Waals surface area contributed by atoms with Crippen LogP contribution in [0.15, 0.2) is 23.3 Å². The summed E-state index contributed by atoms with van der Waals surface area (Å²) in [6.45, 7) is 20.4. The molecule has 0 amide bonds. The van der Waals surface area contributed by atoms with Crippen LogP contribution < -0.4 is 0 Å². The average molecular weight is 921 g/mol. The quantitative estimate of drug-likeness (QED) is 0.0866. The van der Waals surface area contributed by atoms with Crippen LogP contribution in [0.1, 0.15) is 88.0 Å². The molecule has 2 rings (SSSR count). The molecule has 2 N–H and O–H groups in total. The molecule has 2 aliphatic rings. The second kappa shape index (κ2) is 22.7. The highest BCUT2D eigenvalue weighted by molar-refractivity contribution is 6.74. The highest BCUT2D eigenvalue weighted by atomic mass is 28.4. The summed E-state index contributed by atoms with van der Waals surface area (Å²) in [5.74, 6) is -10.0. The lowest BCUT2D eigenvalue weighted by atomic mass is 9.82. The van der Waals surface area contributed by atoms with E-state index < -0.39 is 114 Å². The van der Waals surface area contributed by atoms with E-state index in [4.69, 9.17) is 32.8 Å². The van der Waals surface area contributed by atoms with Crippen LogP contribution in [0.2, 0.25) is 18.1 Å². The summed E-state index contributed by atoms with van der Waals surface area (Å²) in [5.41, 5.74) is -7.15. The number of hydrogen-bond acceptors (Lipinski definition) is 20. The summed E-state index contributed by atoms with van der Waals surface area (Å²) in [5, 5.41) is 23.0. The highest BCUT2D eigenvalue weighted by Gasteiger charge is 2.64. The van der Waals surface area contributed by atoms with Gasteiger partial charge in [-0.25, -0.2) is 28.8 Å². The minimum atomic E-state index is -2.88. The predicted octanol–water partition coefficient (Wildman–Crippen LogP) is 2.93. The molecular formula is C42H68O20Si. The Morgan fingerprint density at radius 2 is 1.05 bits per heavy atom. The molecule has 0 bridgehead atoms. The van der Waals surface area contributed by atoms with Crippen LogP contribution in [0.25, 0.3) is 0 Å². The van der Waals surface area contributed by atoms with Crippen molar-refractivity contribution in [2.24, 2.45) is 0 Å². The number of carbonyl (C=O) groups excluding carboxylic acids is 7. The third-order valence-corrected chi connectivity index (χ3v) is 15.1. The molecular weight excluding hydrogens is 853 g/mol. The van der Waals surface area contributed by atoms with E-state index >= 15 is 0 Å². The zero-order valence-corrected chi connectivity index (χ0v) is 40.6. The van der Waals surface area contributed by atoms with Crippen molar-refractivity contribution in [2.75, 3.05) is 42.7 Å². The predicted molar refractivity (Wildman–Crippen MR) is 223 cm³/mol. The lowest BCUT2D eigenvalue weighted by molar-refractivity contribution is -0.188. The Bertz CT molecular complexity index is 1730. The number of methoxy groups -OCH3 is 6. The van der Waals surface area contributed by atoms with Gasteiger partial charge in [0.05, 0.1) is 59.9 Å². The highest BCUT2D eigenvalue weighted by Crippen LogP contribution is 2.45. The second-order valence-electron chi connectivity index (χ2n) is 17.1. The molecule has 0 aromatic rings. The third kappa shape index (κ3) is 13.5. The molecule has 360 valence electrons. The maximum absolute atomic E-state index is 13.1. The van der Waals surface area contributed by atoms with Gasteiger partial charge in [0.15, 0.2) is 25.7 Å². The normalized spacial score (nSPS) is 23.3. The molecule has 2 fully saturated rings. The minimum Gasteiger partial charge on any atom is -0.467 e. The van der Waals surface area contributed by atoms with Crippen LogP contribution in [0.3, 0.4) is 0 Å². The number of ether oxygens (including phenoxy) is 10. The lowest BCUT2D eigenvalue weighted by Gasteiger charge is -2.42. The van der Waals surface area contributed by atoms with Crippen molar-refractivity contribution >= 4 is 49.9 Å². The number of Topliss-reactive ketones (excluding diaryl/α,β-unsaturated/α-hetero) is 1. The first kappa shape index (κ1) is 56.9. The Balaban J connectivity index is 0.000000646. The van der Waals surface area contributed by atoms with E-state index in [0.29, 0.717) is 31.4 Å². The van der Waals surface area contributed by atoms with Crippen LogP contribution in [0.4, 0.5) is 0 Å². The Hall–Kier alpha value is -4.09. The molecule has 63 heavy (non-hydrogen) atoms. The average Bonchev–Trinajstić information content (AvgIpc) is 3.74. The van der Waals surface area contributed by atoms with Gasteiger partial charge in [0.25, 0.3) is 0 Å². The fraction of sp³-hybridized carbons (Fsp3) is 0.738. The Morgan fingerprint density at radius 1 is 0.635 bits per heavy atom. The van der Waals surface area contributed by atoms with Crippen molar-refractivity contribution in [3.63, 3.8) is 0 Å². The Kier molecular flexibility index (Phi) is 20.5. The molecule has 20 nitrogen and oxygen atoms in total. The molecule has 2 saturated heterocycles. The van der Waals surface area contributed by atoms with Gasteiger partial charge < -0.3 is 62.0 Å². The fourth-order valence-electron chi connectivity index (χ4n) is 6.50. The van der Waals surface area contributed by atoms with Crippen molar-refractivity contribution in [2.45, 2.75) is 159 Å². The number of aliphatic hydroxyl groups is 2. The number of carbonyl (C=O) groups is 7. The number of esters is 6. The standard InChI is InChI=1S/C24H42O10Si.C18H26O10/c1-12-13-16(34-35(10,11)22(2,3)4)18-19(33-23(5,6)32-18)24(28,21(27)31-9)15(20(26)30-8)14-17(25)29-7;1-7-8-11(19)13-14(28-17(2,3)27-13)18(23,16(22)26-6)10(15(21)25-5)9-12(20)24-4/h14,16,18-19,28H,12-13H2,1-11H3;9,13-14,23H,7-8H2,1-6H3/b15-14+;10-9+/t16-,18-,19+,24+;13-,14+,18+/m00/s1. The second-order valence-corrected chi connectivity index (χ2v) is 21.8. The molecule has 0 unspecified atom stereocenters. The summed E-state index contributed by atoms with van der Waals surface area (Å²) < 4.78 is 58.0. The van der Waals surface area contributed by atoms with Gasteiger partial charge >= 0.3 is 35.8 Å². The van der Waals surface area contributed by atoms with Crippen molar-refractivity contribution in [3.05, 3.63) is 23.3 Å². The van der Waals surface area contributed by atoms with Crippen molar-refractivity contribution < 1.29 is 95.6 Å². The largest absolute Gasteiger partial charge is 0.467 e. The van der Waals surface area contributed by atoms with E-state index in [1.165, 1.54) is 13.8 Å². The smallest absolute Gasteiger partial charge is 0.345 e. The molecule has 0 aliphatic carbocycles. The van der Waals surface area contributed by atoms with Crippen LogP contribution >= 0.6 is 0 Å². The molecule has 21 heteroatoms. The molecule has 7 atom stereocenters. The summed E-state index contributed by atoms with van der Waals surface area (Å²) in [4.78, 5) is 87.1. The summed E-state index contributed by atoms with van der Waals surface area (Å²) >= 11 is 0. The maximum atomic E-state index is 13.1. The van der Waals surface area contributed by atoms with Gasteiger partial charge in [-0.2, -0.15) is 0 Å².